The standard InChI is InChI=1S/C18H17Cl2FN4O4S2/c1-28-16-14(25-6-11(23-24-25)17-22-2-3-30-17)15(27)12(7-26)29-18(16)31-8-4-9(19)13(21)10(20)5-8/h2-6,12,14-16,18,26-27H,7H2,1H3. The third kappa shape index (κ3) is 4.60. The Balaban J connectivity index is 1.66. The molecular formula is C18H17Cl2FN4O4S2. The van der Waals surface area contributed by atoms with Crippen LogP contribution in [0.5, 0.6) is 0 Å². The van der Waals surface area contributed by atoms with Gasteiger partial charge in [-0.2, -0.15) is 0 Å². The van der Waals surface area contributed by atoms with Gasteiger partial charge in [-0.15, -0.1) is 16.4 Å². The van der Waals surface area contributed by atoms with Crippen LogP contribution in [0.2, 0.25) is 10.0 Å². The number of aromatic nitrogens is 4. The number of hydrogen-bond acceptors (Lipinski definition) is 9. The summed E-state index contributed by atoms with van der Waals surface area (Å²) >= 11 is 14.4. The van der Waals surface area contributed by atoms with E-state index >= 15 is 0 Å². The maximum Gasteiger partial charge on any atom is 0.160 e. The second-order valence-corrected chi connectivity index (χ2v) is 9.53. The lowest BCUT2D eigenvalue weighted by atomic mass is 9.97. The molecule has 5 unspecified atom stereocenters. The van der Waals surface area contributed by atoms with Gasteiger partial charge in [0.2, 0.25) is 0 Å². The molecule has 2 aromatic heterocycles. The van der Waals surface area contributed by atoms with Crippen LogP contribution in [0.4, 0.5) is 4.39 Å². The Hall–Kier alpha value is -1.31. The number of nitrogens with zero attached hydrogens (tertiary/aromatic N) is 4. The van der Waals surface area contributed by atoms with Crippen molar-refractivity contribution in [3.05, 3.63) is 45.8 Å². The van der Waals surface area contributed by atoms with Crippen LogP contribution in [0.25, 0.3) is 10.7 Å². The zero-order valence-corrected chi connectivity index (χ0v) is 19.1. The van der Waals surface area contributed by atoms with Crippen LogP contribution in [0.1, 0.15) is 6.04 Å². The number of halogens is 3. The summed E-state index contributed by atoms with van der Waals surface area (Å²) in [6.07, 6.45) is 0.585. The molecule has 0 bridgehead atoms. The van der Waals surface area contributed by atoms with Crippen molar-refractivity contribution in [2.24, 2.45) is 0 Å². The first-order valence-electron chi connectivity index (χ1n) is 9.03. The minimum Gasteiger partial charge on any atom is -0.394 e. The van der Waals surface area contributed by atoms with E-state index in [-0.39, 0.29) is 10.0 Å². The lowest BCUT2D eigenvalue weighted by molar-refractivity contribution is -0.186. The minimum atomic E-state index is -1.13. The highest BCUT2D eigenvalue weighted by Crippen LogP contribution is 2.41. The average molecular weight is 507 g/mol. The van der Waals surface area contributed by atoms with Crippen LogP contribution in [0.15, 0.2) is 34.8 Å². The molecule has 1 aliphatic rings. The van der Waals surface area contributed by atoms with E-state index in [1.54, 1.807) is 12.4 Å². The van der Waals surface area contributed by atoms with Gasteiger partial charge in [0.1, 0.15) is 40.5 Å². The minimum absolute atomic E-state index is 0.126. The quantitative estimate of drug-likeness (QED) is 0.491. The molecule has 3 heterocycles. The number of thioether (sulfide) groups is 1. The number of aliphatic hydroxyl groups is 2. The maximum atomic E-state index is 13.8. The van der Waals surface area contributed by atoms with Crippen molar-refractivity contribution < 1.29 is 24.1 Å². The van der Waals surface area contributed by atoms with E-state index < -0.39 is 42.2 Å². The third-order valence-corrected chi connectivity index (χ3v) is 7.24. The van der Waals surface area contributed by atoms with Crippen LogP contribution in [-0.4, -0.2) is 67.7 Å². The van der Waals surface area contributed by atoms with Crippen LogP contribution in [-0.2, 0) is 9.47 Å². The highest BCUT2D eigenvalue weighted by Gasteiger charge is 2.47. The molecular weight excluding hydrogens is 490 g/mol. The Bertz CT molecular complexity index is 1020. The van der Waals surface area contributed by atoms with Gasteiger partial charge in [-0.1, -0.05) is 40.2 Å². The molecule has 1 aromatic carbocycles. The maximum absolute atomic E-state index is 13.8. The largest absolute Gasteiger partial charge is 0.394 e. The lowest BCUT2D eigenvalue weighted by Gasteiger charge is -2.43. The Morgan fingerprint density at radius 1 is 1.35 bits per heavy atom. The summed E-state index contributed by atoms with van der Waals surface area (Å²) < 4.78 is 26.8. The topological polar surface area (TPSA) is 103 Å². The fraction of sp³-hybridized carbons (Fsp3) is 0.389. The van der Waals surface area contributed by atoms with Crippen molar-refractivity contribution in [1.29, 1.82) is 0 Å². The Morgan fingerprint density at radius 3 is 2.71 bits per heavy atom. The Morgan fingerprint density at radius 2 is 2.10 bits per heavy atom. The van der Waals surface area contributed by atoms with E-state index in [1.165, 1.54) is 47.0 Å². The first-order valence-corrected chi connectivity index (χ1v) is 11.5. The molecule has 13 heteroatoms. The summed E-state index contributed by atoms with van der Waals surface area (Å²) in [6, 6.07) is 2.13. The van der Waals surface area contributed by atoms with Crippen molar-refractivity contribution in [3.63, 3.8) is 0 Å². The van der Waals surface area contributed by atoms with E-state index in [9.17, 15) is 14.6 Å². The molecule has 3 aromatic rings. The summed E-state index contributed by atoms with van der Waals surface area (Å²) in [5.41, 5.74) is -0.147. The first-order chi connectivity index (χ1) is 14.9. The normalized spacial score (nSPS) is 26.3. The van der Waals surface area contributed by atoms with Gasteiger partial charge in [-0.25, -0.2) is 14.1 Å². The fourth-order valence-electron chi connectivity index (χ4n) is 3.31. The summed E-state index contributed by atoms with van der Waals surface area (Å²) in [4.78, 5) is 4.75. The van der Waals surface area contributed by atoms with E-state index in [4.69, 9.17) is 32.7 Å². The summed E-state index contributed by atoms with van der Waals surface area (Å²) in [5, 5.41) is 31.2. The second-order valence-electron chi connectivity index (χ2n) is 6.65. The average Bonchev–Trinajstić information content (AvgIpc) is 3.44. The van der Waals surface area contributed by atoms with Crippen LogP contribution < -0.4 is 0 Å². The molecule has 4 rings (SSSR count). The third-order valence-electron chi connectivity index (χ3n) is 4.77. The molecule has 8 nitrogen and oxygen atoms in total. The van der Waals surface area contributed by atoms with Crippen molar-refractivity contribution in [1.82, 2.24) is 20.0 Å². The van der Waals surface area contributed by atoms with Crippen molar-refractivity contribution >= 4 is 46.3 Å². The first kappa shape index (κ1) is 22.9. The molecule has 0 saturated carbocycles. The number of aliphatic hydroxyl groups excluding tert-OH is 2. The van der Waals surface area contributed by atoms with Gasteiger partial charge in [0.05, 0.1) is 22.8 Å². The van der Waals surface area contributed by atoms with E-state index in [0.717, 1.165) is 0 Å². The number of benzene rings is 1. The van der Waals surface area contributed by atoms with Gasteiger partial charge in [-0.05, 0) is 12.1 Å². The molecule has 0 amide bonds. The van der Waals surface area contributed by atoms with E-state index in [2.05, 4.69) is 15.3 Å². The predicted molar refractivity (Wildman–Crippen MR) is 115 cm³/mol. The van der Waals surface area contributed by atoms with Crippen molar-refractivity contribution in [2.45, 2.75) is 34.7 Å². The molecule has 1 fully saturated rings. The van der Waals surface area contributed by atoms with Crippen LogP contribution >= 0.6 is 46.3 Å². The van der Waals surface area contributed by atoms with E-state index in [1.807, 2.05) is 5.38 Å². The van der Waals surface area contributed by atoms with Crippen molar-refractivity contribution in [3.8, 4) is 10.7 Å². The van der Waals surface area contributed by atoms with Gasteiger partial charge in [0.15, 0.2) is 5.82 Å². The lowest BCUT2D eigenvalue weighted by Crippen LogP contribution is -2.55. The molecule has 166 valence electrons. The molecule has 1 aliphatic heterocycles. The monoisotopic (exact) mass is 506 g/mol. The summed E-state index contributed by atoms with van der Waals surface area (Å²) in [6.45, 7) is -0.426. The Labute approximate surface area is 194 Å². The van der Waals surface area contributed by atoms with Crippen molar-refractivity contribution in [2.75, 3.05) is 13.7 Å². The number of hydrogen-bond donors (Lipinski definition) is 2. The number of rotatable bonds is 6. The SMILES string of the molecule is COC1C(Sc2cc(Cl)c(F)c(Cl)c2)OC(CO)C(O)C1n1cc(-c2nccs2)nn1. The smallest absolute Gasteiger partial charge is 0.160 e. The van der Waals surface area contributed by atoms with Crippen LogP contribution in [0.3, 0.4) is 0 Å². The molecule has 0 radical (unpaired) electrons. The summed E-state index contributed by atoms with van der Waals surface area (Å²) in [5.74, 6) is -0.709. The molecule has 0 spiro atoms. The summed E-state index contributed by atoms with van der Waals surface area (Å²) in [7, 11) is 1.48. The van der Waals surface area contributed by atoms with E-state index in [0.29, 0.717) is 15.6 Å². The number of thiazole rings is 1. The number of methoxy groups -OCH3 is 1. The number of ether oxygens (including phenoxy) is 2. The van der Waals surface area contributed by atoms with Gasteiger partial charge < -0.3 is 19.7 Å². The van der Waals surface area contributed by atoms with Crippen LogP contribution in [0, 0.1) is 5.82 Å². The zero-order chi connectivity index (χ0) is 22.1. The van der Waals surface area contributed by atoms with Gasteiger partial charge >= 0.3 is 0 Å². The fourth-order valence-corrected chi connectivity index (χ4v) is 5.76. The highest BCUT2D eigenvalue weighted by atomic mass is 35.5. The predicted octanol–water partition coefficient (Wildman–Crippen LogP) is 3.27. The van der Waals surface area contributed by atoms with Gasteiger partial charge in [0.25, 0.3) is 0 Å². The second kappa shape index (κ2) is 9.67. The molecule has 1 saturated heterocycles. The van der Waals surface area contributed by atoms with Gasteiger partial charge in [0, 0.05) is 23.6 Å². The zero-order valence-electron chi connectivity index (χ0n) is 15.9. The molecule has 31 heavy (non-hydrogen) atoms. The molecule has 5 atom stereocenters. The highest BCUT2D eigenvalue weighted by molar-refractivity contribution is 7.99. The molecule has 2 N–H and O–H groups in total. The van der Waals surface area contributed by atoms with Gasteiger partial charge in [-0.3, -0.25) is 0 Å². The molecule has 0 aliphatic carbocycles. The Kier molecular flexibility index (Phi) is 7.14.